The molecule has 122 valence electrons. The van der Waals surface area contributed by atoms with Gasteiger partial charge in [-0.3, -0.25) is 9.69 Å². The third-order valence-electron chi connectivity index (χ3n) is 3.71. The molecule has 0 unspecified atom stereocenters. The van der Waals surface area contributed by atoms with Crippen LogP contribution in [0.4, 0.5) is 0 Å². The van der Waals surface area contributed by atoms with E-state index in [1.807, 2.05) is 6.07 Å². The van der Waals surface area contributed by atoms with Crippen molar-refractivity contribution in [1.82, 2.24) is 9.80 Å². The highest BCUT2D eigenvalue weighted by Crippen LogP contribution is 2.33. The summed E-state index contributed by atoms with van der Waals surface area (Å²) in [5.74, 6) is 0.567. The summed E-state index contributed by atoms with van der Waals surface area (Å²) in [7, 11) is 1.56. The van der Waals surface area contributed by atoms with Crippen molar-refractivity contribution in [2.24, 2.45) is 0 Å². The highest BCUT2D eigenvalue weighted by atomic mass is 35.5. The summed E-state index contributed by atoms with van der Waals surface area (Å²) in [6, 6.07) is 3.45. The average molecular weight is 347 g/mol. The normalized spacial score (nSPS) is 19.9. The second-order valence-corrected chi connectivity index (χ2v) is 6.28. The monoisotopic (exact) mass is 346 g/mol. The van der Waals surface area contributed by atoms with Crippen molar-refractivity contribution in [3.05, 3.63) is 27.7 Å². The third-order valence-corrected chi connectivity index (χ3v) is 4.21. The fourth-order valence-corrected chi connectivity index (χ4v) is 3.30. The van der Waals surface area contributed by atoms with Crippen molar-refractivity contribution < 1.29 is 14.6 Å². The summed E-state index contributed by atoms with van der Waals surface area (Å²) in [4.78, 5) is 15.2. The standard InChI is InChI=1S/C15H20Cl2N2O3/c1-10(20)19-4-3-18(8-13(21)9-19)7-11-5-12(16)6-14(17)15(11)22-2/h5-6,13,21H,3-4,7-9H2,1-2H3/t13-/m0/s1. The van der Waals surface area contributed by atoms with E-state index in [0.29, 0.717) is 48.5 Å². The van der Waals surface area contributed by atoms with Crippen LogP contribution in [0.3, 0.4) is 0 Å². The van der Waals surface area contributed by atoms with Gasteiger partial charge >= 0.3 is 0 Å². The Morgan fingerprint density at radius 3 is 2.73 bits per heavy atom. The maximum absolute atomic E-state index is 11.5. The lowest BCUT2D eigenvalue weighted by Crippen LogP contribution is -2.36. The smallest absolute Gasteiger partial charge is 0.219 e. The highest BCUT2D eigenvalue weighted by Gasteiger charge is 2.23. The van der Waals surface area contributed by atoms with Crippen LogP contribution in [0.5, 0.6) is 5.75 Å². The summed E-state index contributed by atoms with van der Waals surface area (Å²) in [6.45, 7) is 4.16. The Balaban J connectivity index is 2.15. The minimum Gasteiger partial charge on any atom is -0.495 e. The molecule has 1 aromatic rings. The third kappa shape index (κ3) is 4.26. The van der Waals surface area contributed by atoms with Gasteiger partial charge in [0.15, 0.2) is 0 Å². The first-order valence-electron chi connectivity index (χ1n) is 7.08. The van der Waals surface area contributed by atoms with Crippen LogP contribution in [0.1, 0.15) is 12.5 Å². The van der Waals surface area contributed by atoms with Crippen molar-refractivity contribution in [1.29, 1.82) is 0 Å². The van der Waals surface area contributed by atoms with Gasteiger partial charge in [0, 0.05) is 50.2 Å². The largest absolute Gasteiger partial charge is 0.495 e. The second kappa shape index (κ2) is 7.51. The Hall–Kier alpha value is -1.01. The van der Waals surface area contributed by atoms with Gasteiger partial charge in [0.1, 0.15) is 5.75 Å². The Morgan fingerprint density at radius 1 is 1.36 bits per heavy atom. The zero-order valence-corrected chi connectivity index (χ0v) is 14.2. The van der Waals surface area contributed by atoms with Gasteiger partial charge in [0.25, 0.3) is 0 Å². The molecule has 1 fully saturated rings. The number of rotatable bonds is 3. The molecule has 0 radical (unpaired) electrons. The number of benzene rings is 1. The summed E-state index contributed by atoms with van der Waals surface area (Å²) in [6.07, 6.45) is -0.577. The summed E-state index contributed by atoms with van der Waals surface area (Å²) in [5, 5.41) is 11.1. The van der Waals surface area contributed by atoms with Gasteiger partial charge in [-0.1, -0.05) is 23.2 Å². The van der Waals surface area contributed by atoms with Crippen molar-refractivity contribution >= 4 is 29.1 Å². The fraction of sp³-hybridized carbons (Fsp3) is 0.533. The summed E-state index contributed by atoms with van der Waals surface area (Å²) >= 11 is 12.2. The van der Waals surface area contributed by atoms with Crippen LogP contribution in [0.2, 0.25) is 10.0 Å². The first kappa shape index (κ1) is 17.3. The minimum absolute atomic E-state index is 0.0238. The number of amides is 1. The molecule has 0 aliphatic carbocycles. The number of methoxy groups -OCH3 is 1. The molecule has 1 aromatic carbocycles. The van der Waals surface area contributed by atoms with Gasteiger partial charge in [-0.05, 0) is 12.1 Å². The fourth-order valence-electron chi connectivity index (χ4n) is 2.69. The highest BCUT2D eigenvalue weighted by molar-refractivity contribution is 6.35. The number of halogens is 2. The van der Waals surface area contributed by atoms with Crippen molar-refractivity contribution in [3.8, 4) is 5.75 Å². The number of hydrogen-bond donors (Lipinski definition) is 1. The molecule has 2 rings (SSSR count). The predicted octanol–water partition coefficient (Wildman–Crippen LogP) is 2.03. The van der Waals surface area contributed by atoms with Crippen LogP contribution in [0.25, 0.3) is 0 Å². The molecule has 1 N–H and O–H groups in total. The maximum atomic E-state index is 11.5. The lowest BCUT2D eigenvalue weighted by Gasteiger charge is -2.22. The summed E-state index contributed by atoms with van der Waals surface area (Å²) < 4.78 is 5.35. The molecular weight excluding hydrogens is 327 g/mol. The summed E-state index contributed by atoms with van der Waals surface area (Å²) in [5.41, 5.74) is 0.864. The van der Waals surface area contributed by atoms with Gasteiger partial charge in [0.2, 0.25) is 5.91 Å². The van der Waals surface area contributed by atoms with E-state index in [0.717, 1.165) is 5.56 Å². The molecule has 1 saturated heterocycles. The first-order valence-corrected chi connectivity index (χ1v) is 7.84. The molecule has 0 saturated carbocycles. The molecule has 5 nitrogen and oxygen atoms in total. The van der Waals surface area contributed by atoms with E-state index in [9.17, 15) is 9.90 Å². The average Bonchev–Trinajstić information content (AvgIpc) is 2.60. The number of β-amino-alcohol motifs (C(OH)–C–C–N with tert-alkyl or cyclic N) is 1. The number of aliphatic hydroxyl groups is 1. The van der Waals surface area contributed by atoms with Gasteiger partial charge in [-0.15, -0.1) is 0 Å². The van der Waals surface area contributed by atoms with Crippen LogP contribution in [-0.2, 0) is 11.3 Å². The van der Waals surface area contributed by atoms with E-state index in [4.69, 9.17) is 27.9 Å². The van der Waals surface area contributed by atoms with Crippen LogP contribution < -0.4 is 4.74 Å². The molecule has 1 atom stereocenters. The molecular formula is C15H20Cl2N2O3. The lowest BCUT2D eigenvalue weighted by atomic mass is 10.1. The van der Waals surface area contributed by atoms with E-state index in [1.165, 1.54) is 6.92 Å². The number of carbonyl (C=O) groups excluding carboxylic acids is 1. The van der Waals surface area contributed by atoms with Crippen LogP contribution >= 0.6 is 23.2 Å². The zero-order chi connectivity index (χ0) is 16.3. The number of nitrogens with zero attached hydrogens (tertiary/aromatic N) is 2. The van der Waals surface area contributed by atoms with Crippen molar-refractivity contribution in [3.63, 3.8) is 0 Å². The van der Waals surface area contributed by atoms with Crippen molar-refractivity contribution in [2.75, 3.05) is 33.3 Å². The number of aliphatic hydroxyl groups excluding tert-OH is 1. The topological polar surface area (TPSA) is 53.0 Å². The van der Waals surface area contributed by atoms with E-state index in [-0.39, 0.29) is 5.91 Å². The molecule has 0 spiro atoms. The lowest BCUT2D eigenvalue weighted by molar-refractivity contribution is -0.129. The van der Waals surface area contributed by atoms with E-state index in [1.54, 1.807) is 18.1 Å². The van der Waals surface area contributed by atoms with Crippen LogP contribution in [0.15, 0.2) is 12.1 Å². The Bertz CT molecular complexity index is 554. The molecule has 1 heterocycles. The first-order chi connectivity index (χ1) is 10.4. The molecule has 1 aliphatic heterocycles. The van der Waals surface area contributed by atoms with Gasteiger partial charge in [-0.2, -0.15) is 0 Å². The molecule has 7 heteroatoms. The van der Waals surface area contributed by atoms with Crippen molar-refractivity contribution in [2.45, 2.75) is 19.6 Å². The quantitative estimate of drug-likeness (QED) is 0.909. The maximum Gasteiger partial charge on any atom is 0.219 e. The van der Waals surface area contributed by atoms with Gasteiger partial charge < -0.3 is 14.7 Å². The molecule has 22 heavy (non-hydrogen) atoms. The van der Waals surface area contributed by atoms with E-state index in [2.05, 4.69) is 4.90 Å². The van der Waals surface area contributed by atoms with E-state index >= 15 is 0 Å². The van der Waals surface area contributed by atoms with Crippen LogP contribution in [-0.4, -0.2) is 60.2 Å². The molecule has 0 aromatic heterocycles. The SMILES string of the molecule is COc1c(Cl)cc(Cl)cc1CN1CCN(C(C)=O)C[C@@H](O)C1. The van der Waals surface area contributed by atoms with Gasteiger partial charge in [-0.25, -0.2) is 0 Å². The Morgan fingerprint density at radius 2 is 2.09 bits per heavy atom. The Kier molecular flexibility index (Phi) is 5.92. The number of ether oxygens (including phenoxy) is 1. The van der Waals surface area contributed by atoms with Gasteiger partial charge in [0.05, 0.1) is 18.2 Å². The number of carbonyl (C=O) groups is 1. The van der Waals surface area contributed by atoms with Crippen LogP contribution in [0, 0.1) is 0 Å². The Labute approximate surface area is 140 Å². The second-order valence-electron chi connectivity index (χ2n) is 5.43. The molecule has 1 aliphatic rings. The zero-order valence-electron chi connectivity index (χ0n) is 12.7. The molecule has 0 bridgehead atoms. The van der Waals surface area contributed by atoms with E-state index < -0.39 is 6.10 Å². The number of hydrogen-bond acceptors (Lipinski definition) is 4. The predicted molar refractivity (Wildman–Crippen MR) is 86.6 cm³/mol. The minimum atomic E-state index is -0.577. The molecule has 1 amide bonds.